The van der Waals surface area contributed by atoms with Gasteiger partial charge in [0.1, 0.15) is 23.9 Å². The third-order valence-electron chi connectivity index (χ3n) is 7.17. The third-order valence-corrected chi connectivity index (χ3v) is 7.17. The van der Waals surface area contributed by atoms with Crippen LogP contribution in [0.2, 0.25) is 0 Å². The van der Waals surface area contributed by atoms with E-state index in [9.17, 15) is 14.7 Å². The number of amides is 2. The number of nitrogens with zero attached hydrogens (tertiary/aromatic N) is 4. The molecule has 5 rings (SSSR count). The van der Waals surface area contributed by atoms with E-state index in [1.54, 1.807) is 33.8 Å². The maximum Gasteiger partial charge on any atom is 0.247 e. The van der Waals surface area contributed by atoms with Crippen LogP contribution < -0.4 is 5.32 Å². The summed E-state index contributed by atoms with van der Waals surface area (Å²) in [5.41, 5.74) is 2.12. The van der Waals surface area contributed by atoms with Crippen molar-refractivity contribution in [3.8, 4) is 5.75 Å². The average Bonchev–Trinajstić information content (AvgIpc) is 3.56. The number of hydrogen-bond acceptors (Lipinski definition) is 6. The van der Waals surface area contributed by atoms with Gasteiger partial charge in [0.2, 0.25) is 11.8 Å². The van der Waals surface area contributed by atoms with E-state index >= 15 is 0 Å². The van der Waals surface area contributed by atoms with Crippen LogP contribution in [0.15, 0.2) is 48.5 Å². The van der Waals surface area contributed by atoms with E-state index in [4.69, 9.17) is 4.74 Å². The molecular formula is C27H33N5O4. The number of fused-ring (bicyclic) bond motifs is 1. The second-order valence-corrected chi connectivity index (χ2v) is 9.75. The maximum absolute atomic E-state index is 13.9. The van der Waals surface area contributed by atoms with Gasteiger partial charge in [-0.2, -0.15) is 0 Å². The fraction of sp³-hybridized carbons (Fsp3) is 0.481. The lowest BCUT2D eigenvalue weighted by Gasteiger charge is -2.34. The Morgan fingerprint density at radius 3 is 2.58 bits per heavy atom. The molecule has 190 valence electrons. The topological polar surface area (TPSA) is 110 Å². The molecule has 2 unspecified atom stereocenters. The average molecular weight is 492 g/mol. The molecule has 2 heterocycles. The number of aromatic hydroxyl groups is 1. The lowest BCUT2D eigenvalue weighted by Crippen LogP contribution is -2.49. The number of para-hydroxylation sites is 1. The van der Waals surface area contributed by atoms with Crippen molar-refractivity contribution in [1.29, 1.82) is 0 Å². The second kappa shape index (κ2) is 11.1. The molecule has 1 aromatic heterocycles. The number of nitrogens with one attached hydrogen (secondary N) is 1. The summed E-state index contributed by atoms with van der Waals surface area (Å²) < 4.78 is 7.45. The summed E-state index contributed by atoms with van der Waals surface area (Å²) in [5, 5.41) is 21.4. The summed E-state index contributed by atoms with van der Waals surface area (Å²) in [6, 6.07) is 13.3. The minimum atomic E-state index is -0.848. The standard InChI is InChI=1S/C27H33N5O4/c33-21-14-12-19(13-15-21)26(27(35)28-20-7-2-1-3-8-20)31(17-22-9-6-16-36-22)25(34)18-32-24-11-5-4-10-23(24)29-30-32/h4-5,10-15,20,22,26,33H,1-3,6-9,16-18H2,(H,28,35). The van der Waals surface area contributed by atoms with Gasteiger partial charge in [-0.15, -0.1) is 5.10 Å². The van der Waals surface area contributed by atoms with Crippen LogP contribution >= 0.6 is 0 Å². The zero-order chi connectivity index (χ0) is 24.9. The fourth-order valence-electron chi connectivity index (χ4n) is 5.27. The Kier molecular flexibility index (Phi) is 7.46. The third kappa shape index (κ3) is 5.51. The van der Waals surface area contributed by atoms with E-state index in [0.717, 1.165) is 44.0 Å². The zero-order valence-corrected chi connectivity index (χ0v) is 20.4. The summed E-state index contributed by atoms with van der Waals surface area (Å²) in [6.45, 7) is 0.909. The van der Waals surface area contributed by atoms with Crippen molar-refractivity contribution in [3.05, 3.63) is 54.1 Å². The first-order valence-corrected chi connectivity index (χ1v) is 12.9. The van der Waals surface area contributed by atoms with Gasteiger partial charge in [0.05, 0.1) is 11.6 Å². The number of phenols is 1. The highest BCUT2D eigenvalue weighted by atomic mass is 16.5. The number of hydrogen-bond donors (Lipinski definition) is 2. The first-order chi connectivity index (χ1) is 17.6. The van der Waals surface area contributed by atoms with Gasteiger partial charge in [-0.25, -0.2) is 4.68 Å². The zero-order valence-electron chi connectivity index (χ0n) is 20.4. The Morgan fingerprint density at radius 2 is 1.83 bits per heavy atom. The van der Waals surface area contributed by atoms with Crippen molar-refractivity contribution < 1.29 is 19.4 Å². The summed E-state index contributed by atoms with van der Waals surface area (Å²) >= 11 is 0. The van der Waals surface area contributed by atoms with Gasteiger partial charge >= 0.3 is 0 Å². The highest BCUT2D eigenvalue weighted by Gasteiger charge is 2.35. The van der Waals surface area contributed by atoms with Crippen molar-refractivity contribution in [2.45, 2.75) is 69.7 Å². The molecule has 9 heteroatoms. The van der Waals surface area contributed by atoms with E-state index in [1.807, 2.05) is 24.3 Å². The van der Waals surface area contributed by atoms with Gasteiger partial charge in [0.15, 0.2) is 0 Å². The van der Waals surface area contributed by atoms with Gasteiger partial charge in [0.25, 0.3) is 0 Å². The van der Waals surface area contributed by atoms with Crippen LogP contribution in [0.5, 0.6) is 5.75 Å². The van der Waals surface area contributed by atoms with Gasteiger partial charge in [-0.05, 0) is 55.5 Å². The number of carbonyl (C=O) groups is 2. The lowest BCUT2D eigenvalue weighted by atomic mass is 9.94. The Bertz CT molecular complexity index is 1180. The molecule has 36 heavy (non-hydrogen) atoms. The lowest BCUT2D eigenvalue weighted by molar-refractivity contribution is -0.143. The molecule has 3 aromatic rings. The molecule has 2 atom stereocenters. The minimum absolute atomic E-state index is 0.0431. The Balaban J connectivity index is 1.46. The first kappa shape index (κ1) is 24.2. The predicted molar refractivity (Wildman–Crippen MR) is 134 cm³/mol. The predicted octanol–water partition coefficient (Wildman–Crippen LogP) is 3.33. The molecule has 1 aliphatic heterocycles. The van der Waals surface area contributed by atoms with Crippen LogP contribution in [0.4, 0.5) is 0 Å². The molecule has 0 bridgehead atoms. The minimum Gasteiger partial charge on any atom is -0.508 e. The van der Waals surface area contributed by atoms with E-state index in [2.05, 4.69) is 15.6 Å². The number of phenolic OH excluding ortho intramolecular Hbond substituents is 1. The molecule has 2 amide bonds. The Morgan fingerprint density at radius 1 is 1.06 bits per heavy atom. The van der Waals surface area contributed by atoms with Crippen molar-refractivity contribution in [2.24, 2.45) is 0 Å². The van der Waals surface area contributed by atoms with Crippen molar-refractivity contribution in [3.63, 3.8) is 0 Å². The summed E-state index contributed by atoms with van der Waals surface area (Å²) in [4.78, 5) is 29.3. The van der Waals surface area contributed by atoms with Crippen LogP contribution in [-0.2, 0) is 20.9 Å². The van der Waals surface area contributed by atoms with Gasteiger partial charge in [-0.3, -0.25) is 9.59 Å². The Hall–Kier alpha value is -3.46. The van der Waals surface area contributed by atoms with Crippen LogP contribution in [0.1, 0.15) is 56.6 Å². The molecule has 1 saturated heterocycles. The van der Waals surface area contributed by atoms with Gasteiger partial charge in [-0.1, -0.05) is 48.7 Å². The van der Waals surface area contributed by atoms with Crippen molar-refractivity contribution in [1.82, 2.24) is 25.2 Å². The van der Waals surface area contributed by atoms with Crippen molar-refractivity contribution >= 4 is 22.8 Å². The SMILES string of the molecule is O=C(NC1CCCCC1)C(c1ccc(O)cc1)N(CC1CCCO1)C(=O)Cn1nnc2ccccc21. The van der Waals surface area contributed by atoms with Crippen molar-refractivity contribution in [2.75, 3.05) is 13.2 Å². The van der Waals surface area contributed by atoms with Gasteiger partial charge < -0.3 is 20.1 Å². The van der Waals surface area contributed by atoms with E-state index in [0.29, 0.717) is 24.2 Å². The maximum atomic E-state index is 13.9. The number of rotatable bonds is 8. The Labute approximate surface area is 210 Å². The van der Waals surface area contributed by atoms with Gasteiger partial charge in [0, 0.05) is 19.2 Å². The summed E-state index contributed by atoms with van der Waals surface area (Å²) in [6.07, 6.45) is 6.88. The molecule has 2 fully saturated rings. The first-order valence-electron chi connectivity index (χ1n) is 12.9. The highest BCUT2D eigenvalue weighted by molar-refractivity contribution is 5.89. The van der Waals surface area contributed by atoms with Crippen LogP contribution in [0.25, 0.3) is 11.0 Å². The normalized spacial score (nSPS) is 19.3. The fourth-order valence-corrected chi connectivity index (χ4v) is 5.27. The van der Waals surface area contributed by atoms with E-state index < -0.39 is 6.04 Å². The van der Waals surface area contributed by atoms with Crippen LogP contribution in [0.3, 0.4) is 0 Å². The highest BCUT2D eigenvalue weighted by Crippen LogP contribution is 2.28. The molecule has 2 aliphatic rings. The van der Waals surface area contributed by atoms with E-state index in [-0.39, 0.29) is 36.3 Å². The quantitative estimate of drug-likeness (QED) is 0.500. The smallest absolute Gasteiger partial charge is 0.247 e. The van der Waals surface area contributed by atoms with E-state index in [1.165, 1.54) is 6.42 Å². The molecule has 2 aromatic carbocycles. The molecule has 0 spiro atoms. The largest absolute Gasteiger partial charge is 0.508 e. The number of aromatic nitrogens is 3. The van der Waals surface area contributed by atoms with Crippen LogP contribution in [-0.4, -0.2) is 62.1 Å². The second-order valence-electron chi connectivity index (χ2n) is 9.75. The molecule has 0 radical (unpaired) electrons. The molecule has 9 nitrogen and oxygen atoms in total. The molecular weight excluding hydrogens is 458 g/mol. The van der Waals surface area contributed by atoms with Crippen LogP contribution in [0, 0.1) is 0 Å². The molecule has 1 saturated carbocycles. The number of ether oxygens (including phenoxy) is 1. The summed E-state index contributed by atoms with van der Waals surface area (Å²) in [7, 11) is 0. The molecule has 2 N–H and O–H groups in total. The number of benzene rings is 2. The molecule has 1 aliphatic carbocycles. The monoisotopic (exact) mass is 491 g/mol. The number of carbonyl (C=O) groups excluding carboxylic acids is 2. The summed E-state index contributed by atoms with van der Waals surface area (Å²) in [5.74, 6) is -0.336.